The van der Waals surface area contributed by atoms with Gasteiger partial charge in [0.25, 0.3) is 0 Å². The Bertz CT molecular complexity index is 526. The van der Waals surface area contributed by atoms with Gasteiger partial charge in [-0.3, -0.25) is 9.69 Å². The Balaban J connectivity index is 1.88. The predicted octanol–water partition coefficient (Wildman–Crippen LogP) is 2.41. The number of nitrogens with zero attached hydrogens (tertiary/aromatic N) is 1. The molecule has 1 aromatic rings. The molecule has 1 N–H and O–H groups in total. The molecule has 0 unspecified atom stereocenters. The quantitative estimate of drug-likeness (QED) is 0.698. The van der Waals surface area contributed by atoms with E-state index in [1.807, 2.05) is 25.1 Å². The summed E-state index contributed by atoms with van der Waals surface area (Å²) >= 11 is 0. The molecule has 0 atom stereocenters. The van der Waals surface area contributed by atoms with Crippen LogP contribution in [-0.4, -0.2) is 56.0 Å². The third kappa shape index (κ3) is 5.39. The van der Waals surface area contributed by atoms with E-state index in [-0.39, 0.29) is 5.92 Å². The van der Waals surface area contributed by atoms with E-state index in [1.54, 1.807) is 7.11 Å². The number of carbonyl (C=O) groups is 1. The molecular weight excluding hydrogens is 310 g/mol. The summed E-state index contributed by atoms with van der Waals surface area (Å²) in [7, 11) is 1.63. The molecule has 1 fully saturated rings. The molecule has 24 heavy (non-hydrogen) atoms. The topological polar surface area (TPSA) is 68.2 Å². The Morgan fingerprint density at radius 1 is 1.25 bits per heavy atom. The van der Waals surface area contributed by atoms with Gasteiger partial charge in [0.15, 0.2) is 11.5 Å². The van der Waals surface area contributed by atoms with Gasteiger partial charge in [0, 0.05) is 13.2 Å². The van der Waals surface area contributed by atoms with E-state index in [4.69, 9.17) is 19.3 Å². The summed E-state index contributed by atoms with van der Waals surface area (Å²) in [5.74, 6) is 0.553. The Kier molecular flexibility index (Phi) is 7.34. The summed E-state index contributed by atoms with van der Waals surface area (Å²) in [5.41, 5.74) is 1.14. The normalized spacial score (nSPS) is 16.1. The van der Waals surface area contributed by atoms with Crippen LogP contribution in [0.3, 0.4) is 0 Å². The standard InChI is InChI=1S/C18H27NO5/c1-3-23-10-11-24-16-5-4-14(12-17(16)22-2)13-19-8-6-15(7-9-19)18(20)21/h4-5,12,15H,3,6-11,13H2,1-2H3,(H,20,21). The largest absolute Gasteiger partial charge is 0.493 e. The zero-order chi connectivity index (χ0) is 17.4. The van der Waals surface area contributed by atoms with Crippen LogP contribution in [0.2, 0.25) is 0 Å². The highest BCUT2D eigenvalue weighted by molar-refractivity contribution is 5.70. The molecule has 0 amide bonds. The number of aliphatic carboxylic acids is 1. The lowest BCUT2D eigenvalue weighted by molar-refractivity contribution is -0.143. The summed E-state index contributed by atoms with van der Waals surface area (Å²) in [4.78, 5) is 13.3. The molecule has 1 saturated heterocycles. The second-order valence-electron chi connectivity index (χ2n) is 5.92. The monoisotopic (exact) mass is 337 g/mol. The molecule has 6 nitrogen and oxygen atoms in total. The van der Waals surface area contributed by atoms with Gasteiger partial charge >= 0.3 is 5.97 Å². The van der Waals surface area contributed by atoms with Crippen LogP contribution >= 0.6 is 0 Å². The zero-order valence-corrected chi connectivity index (χ0v) is 14.5. The summed E-state index contributed by atoms with van der Waals surface area (Å²) in [6.07, 6.45) is 1.43. The first kappa shape index (κ1) is 18.5. The SMILES string of the molecule is CCOCCOc1ccc(CN2CCC(C(=O)O)CC2)cc1OC. The minimum atomic E-state index is -0.676. The molecule has 2 rings (SSSR count). The average Bonchev–Trinajstić information content (AvgIpc) is 2.60. The maximum Gasteiger partial charge on any atom is 0.306 e. The number of hydrogen-bond donors (Lipinski definition) is 1. The van der Waals surface area contributed by atoms with Gasteiger partial charge in [-0.2, -0.15) is 0 Å². The maximum absolute atomic E-state index is 11.0. The smallest absolute Gasteiger partial charge is 0.306 e. The maximum atomic E-state index is 11.0. The second-order valence-corrected chi connectivity index (χ2v) is 5.92. The Morgan fingerprint density at radius 2 is 2.00 bits per heavy atom. The molecule has 134 valence electrons. The number of hydrogen-bond acceptors (Lipinski definition) is 5. The van der Waals surface area contributed by atoms with Gasteiger partial charge in [-0.15, -0.1) is 0 Å². The molecule has 1 aliphatic rings. The van der Waals surface area contributed by atoms with Crippen LogP contribution < -0.4 is 9.47 Å². The third-order valence-corrected chi connectivity index (χ3v) is 4.26. The first-order chi connectivity index (χ1) is 11.6. The molecule has 0 radical (unpaired) electrons. The van der Waals surface area contributed by atoms with Crippen molar-refractivity contribution in [2.45, 2.75) is 26.3 Å². The zero-order valence-electron chi connectivity index (χ0n) is 14.5. The minimum absolute atomic E-state index is 0.197. The summed E-state index contributed by atoms with van der Waals surface area (Å²) in [6, 6.07) is 5.94. The van der Waals surface area contributed by atoms with Crippen LogP contribution in [0, 0.1) is 5.92 Å². The van der Waals surface area contributed by atoms with Gasteiger partial charge in [-0.1, -0.05) is 6.07 Å². The molecule has 0 bridgehead atoms. The fourth-order valence-electron chi connectivity index (χ4n) is 2.88. The van der Waals surface area contributed by atoms with E-state index in [0.717, 1.165) is 25.2 Å². The van der Waals surface area contributed by atoms with Crippen molar-refractivity contribution in [3.05, 3.63) is 23.8 Å². The molecular formula is C18H27NO5. The summed E-state index contributed by atoms with van der Waals surface area (Å²) in [5, 5.41) is 9.06. The van der Waals surface area contributed by atoms with Crippen molar-refractivity contribution in [1.29, 1.82) is 0 Å². The van der Waals surface area contributed by atoms with E-state index in [1.165, 1.54) is 0 Å². The van der Waals surface area contributed by atoms with Crippen molar-refractivity contribution in [3.8, 4) is 11.5 Å². The van der Waals surface area contributed by atoms with E-state index in [2.05, 4.69) is 4.90 Å². The second kappa shape index (κ2) is 9.49. The molecule has 0 aromatic heterocycles. The van der Waals surface area contributed by atoms with Crippen LogP contribution in [0.5, 0.6) is 11.5 Å². The van der Waals surface area contributed by atoms with E-state index >= 15 is 0 Å². The number of ether oxygens (including phenoxy) is 3. The Labute approximate surface area is 143 Å². The third-order valence-electron chi connectivity index (χ3n) is 4.26. The first-order valence-electron chi connectivity index (χ1n) is 8.46. The van der Waals surface area contributed by atoms with Crippen LogP contribution in [0.4, 0.5) is 0 Å². The number of carboxylic acids is 1. The van der Waals surface area contributed by atoms with E-state index in [9.17, 15) is 4.79 Å². The fourth-order valence-corrected chi connectivity index (χ4v) is 2.88. The molecule has 1 heterocycles. The highest BCUT2D eigenvalue weighted by Gasteiger charge is 2.24. The average molecular weight is 337 g/mol. The van der Waals surface area contributed by atoms with Gasteiger partial charge in [-0.05, 0) is 50.6 Å². The fraction of sp³-hybridized carbons (Fsp3) is 0.611. The lowest BCUT2D eigenvalue weighted by atomic mass is 9.97. The number of methoxy groups -OCH3 is 1. The predicted molar refractivity (Wildman–Crippen MR) is 90.6 cm³/mol. The van der Waals surface area contributed by atoms with Crippen LogP contribution in [0.15, 0.2) is 18.2 Å². The highest BCUT2D eigenvalue weighted by atomic mass is 16.5. The molecule has 6 heteroatoms. The number of piperidine rings is 1. The first-order valence-corrected chi connectivity index (χ1v) is 8.46. The van der Waals surface area contributed by atoms with Crippen molar-refractivity contribution >= 4 is 5.97 Å². The molecule has 1 aliphatic heterocycles. The molecule has 0 saturated carbocycles. The van der Waals surface area contributed by atoms with Crippen molar-refractivity contribution < 1.29 is 24.1 Å². The number of rotatable bonds is 9. The highest BCUT2D eigenvalue weighted by Crippen LogP contribution is 2.29. The Hall–Kier alpha value is -1.79. The number of benzene rings is 1. The summed E-state index contributed by atoms with van der Waals surface area (Å²) in [6.45, 7) is 6.10. The lowest BCUT2D eigenvalue weighted by Gasteiger charge is -2.30. The van der Waals surface area contributed by atoms with Crippen molar-refractivity contribution in [3.63, 3.8) is 0 Å². The van der Waals surface area contributed by atoms with Gasteiger partial charge in [0.05, 0.1) is 19.6 Å². The van der Waals surface area contributed by atoms with E-state index in [0.29, 0.717) is 44.2 Å². The van der Waals surface area contributed by atoms with Crippen LogP contribution in [-0.2, 0) is 16.1 Å². The van der Waals surface area contributed by atoms with Crippen LogP contribution in [0.25, 0.3) is 0 Å². The summed E-state index contributed by atoms with van der Waals surface area (Å²) < 4.78 is 16.4. The van der Waals surface area contributed by atoms with Crippen molar-refractivity contribution in [2.24, 2.45) is 5.92 Å². The van der Waals surface area contributed by atoms with Crippen molar-refractivity contribution in [2.75, 3.05) is 40.0 Å². The lowest BCUT2D eigenvalue weighted by Crippen LogP contribution is -2.35. The van der Waals surface area contributed by atoms with Gasteiger partial charge in [-0.25, -0.2) is 0 Å². The molecule has 0 aliphatic carbocycles. The van der Waals surface area contributed by atoms with Gasteiger partial charge < -0.3 is 19.3 Å². The number of carboxylic acid groups (broad SMARTS) is 1. The Morgan fingerprint density at radius 3 is 2.62 bits per heavy atom. The van der Waals surface area contributed by atoms with Gasteiger partial charge in [0.1, 0.15) is 6.61 Å². The minimum Gasteiger partial charge on any atom is -0.493 e. The van der Waals surface area contributed by atoms with Crippen molar-refractivity contribution in [1.82, 2.24) is 4.90 Å². The van der Waals surface area contributed by atoms with Crippen LogP contribution in [0.1, 0.15) is 25.3 Å². The molecule has 0 spiro atoms. The van der Waals surface area contributed by atoms with E-state index < -0.39 is 5.97 Å². The molecule has 1 aromatic carbocycles. The number of likely N-dealkylation sites (tertiary alicyclic amines) is 1. The van der Waals surface area contributed by atoms with Gasteiger partial charge in [0.2, 0.25) is 0 Å².